The molecule has 2 aromatic rings. The van der Waals surface area contributed by atoms with Crippen molar-refractivity contribution in [3.8, 4) is 5.75 Å². The summed E-state index contributed by atoms with van der Waals surface area (Å²) < 4.78 is 10.6. The van der Waals surface area contributed by atoms with Crippen molar-refractivity contribution in [1.29, 1.82) is 0 Å². The summed E-state index contributed by atoms with van der Waals surface area (Å²) in [6.45, 7) is 0.787. The van der Waals surface area contributed by atoms with Gasteiger partial charge in [-0.25, -0.2) is 0 Å². The second-order valence-corrected chi connectivity index (χ2v) is 6.23. The zero-order valence-electron chi connectivity index (χ0n) is 13.7. The van der Waals surface area contributed by atoms with E-state index in [1.165, 1.54) is 5.56 Å². The molecule has 6 heteroatoms. The van der Waals surface area contributed by atoms with Crippen molar-refractivity contribution in [3.05, 3.63) is 52.2 Å². The number of ether oxygens (including phenoxy) is 2. The van der Waals surface area contributed by atoms with Crippen LogP contribution in [0.5, 0.6) is 5.75 Å². The Bertz CT molecular complexity index is 598. The van der Waals surface area contributed by atoms with E-state index in [4.69, 9.17) is 9.47 Å². The molecule has 0 bridgehead atoms. The van der Waals surface area contributed by atoms with Gasteiger partial charge < -0.3 is 19.9 Å². The van der Waals surface area contributed by atoms with Crippen LogP contribution in [0.4, 0.5) is 0 Å². The third kappa shape index (κ3) is 6.70. The lowest BCUT2D eigenvalue weighted by molar-refractivity contribution is -0.121. The number of aryl methyl sites for hydroxylation is 1. The quantitative estimate of drug-likeness (QED) is 0.691. The third-order valence-electron chi connectivity index (χ3n) is 3.49. The van der Waals surface area contributed by atoms with Crippen molar-refractivity contribution in [2.24, 2.45) is 0 Å². The Hall–Kier alpha value is -1.89. The lowest BCUT2D eigenvalue weighted by Gasteiger charge is -2.12. The van der Waals surface area contributed by atoms with Crippen molar-refractivity contribution in [2.75, 3.05) is 20.3 Å². The minimum absolute atomic E-state index is 0.0598. The molecule has 0 aliphatic heterocycles. The van der Waals surface area contributed by atoms with E-state index in [0.29, 0.717) is 13.0 Å². The summed E-state index contributed by atoms with van der Waals surface area (Å²) in [5, 5.41) is 16.6. The molecule has 2 N–H and O–H groups in total. The van der Waals surface area contributed by atoms with Crippen molar-refractivity contribution in [1.82, 2.24) is 5.32 Å². The molecule has 0 radical (unpaired) electrons. The summed E-state index contributed by atoms with van der Waals surface area (Å²) >= 11 is 1.62. The van der Waals surface area contributed by atoms with Crippen molar-refractivity contribution >= 4 is 17.2 Å². The molecule has 1 aromatic carbocycles. The molecule has 5 nitrogen and oxygen atoms in total. The number of rotatable bonds is 10. The highest BCUT2D eigenvalue weighted by Crippen LogP contribution is 2.12. The number of amides is 1. The van der Waals surface area contributed by atoms with E-state index in [1.807, 2.05) is 41.1 Å². The molecule has 0 aliphatic rings. The maximum absolute atomic E-state index is 11.7. The van der Waals surface area contributed by atoms with Crippen LogP contribution in [0.15, 0.2) is 41.1 Å². The molecule has 1 heterocycles. The number of benzene rings is 1. The number of aliphatic hydroxyl groups excluding tert-OH is 1. The Kier molecular flexibility index (Phi) is 7.74. The minimum atomic E-state index is -0.714. The molecule has 2 rings (SSSR count). The number of aliphatic hydroxyl groups is 1. The number of methoxy groups -OCH3 is 1. The first-order chi connectivity index (χ1) is 11.7. The number of thiophene rings is 1. The van der Waals surface area contributed by atoms with Gasteiger partial charge in [0, 0.05) is 13.0 Å². The molecule has 0 saturated carbocycles. The maximum Gasteiger partial charge on any atom is 0.220 e. The Balaban J connectivity index is 1.57. The van der Waals surface area contributed by atoms with Crippen molar-refractivity contribution in [3.63, 3.8) is 0 Å². The molecule has 0 fully saturated rings. The van der Waals surface area contributed by atoms with Crippen LogP contribution in [0.25, 0.3) is 0 Å². The van der Waals surface area contributed by atoms with E-state index in [0.717, 1.165) is 17.7 Å². The first-order valence-electron chi connectivity index (χ1n) is 7.84. The number of hydrogen-bond acceptors (Lipinski definition) is 5. The highest BCUT2D eigenvalue weighted by atomic mass is 32.1. The fraction of sp³-hybridized carbons (Fsp3) is 0.389. The predicted octanol–water partition coefficient (Wildman–Crippen LogP) is 2.38. The van der Waals surface area contributed by atoms with Gasteiger partial charge >= 0.3 is 0 Å². The Labute approximate surface area is 146 Å². The summed E-state index contributed by atoms with van der Waals surface area (Å²) in [7, 11) is 1.62. The summed E-state index contributed by atoms with van der Waals surface area (Å²) in [5.74, 6) is 0.736. The average molecular weight is 349 g/mol. The summed E-state index contributed by atoms with van der Waals surface area (Å²) in [6.07, 6.45) is 0.434. The Morgan fingerprint density at radius 2 is 2.04 bits per heavy atom. The Morgan fingerprint density at radius 3 is 2.71 bits per heavy atom. The van der Waals surface area contributed by atoms with Crippen LogP contribution < -0.4 is 10.1 Å². The molecule has 0 spiro atoms. The SMILES string of the molecule is COc1ccc(COC[C@@H](O)CNC(=O)CCc2ccsc2)cc1. The van der Waals surface area contributed by atoms with Crippen molar-refractivity contribution < 1.29 is 19.4 Å². The van der Waals surface area contributed by atoms with Crippen molar-refractivity contribution in [2.45, 2.75) is 25.6 Å². The van der Waals surface area contributed by atoms with Gasteiger partial charge in [0.1, 0.15) is 5.75 Å². The second-order valence-electron chi connectivity index (χ2n) is 5.45. The molecule has 1 aromatic heterocycles. The van der Waals surface area contributed by atoms with Crippen LogP contribution in [-0.4, -0.2) is 37.4 Å². The highest BCUT2D eigenvalue weighted by Gasteiger charge is 2.08. The van der Waals surface area contributed by atoms with E-state index in [2.05, 4.69) is 5.32 Å². The van der Waals surface area contributed by atoms with Crippen LogP contribution in [-0.2, 0) is 22.6 Å². The minimum Gasteiger partial charge on any atom is -0.497 e. The molecule has 130 valence electrons. The van der Waals surface area contributed by atoms with Gasteiger partial charge in [-0.05, 0) is 46.5 Å². The van der Waals surface area contributed by atoms with Gasteiger partial charge in [0.15, 0.2) is 0 Å². The maximum atomic E-state index is 11.7. The van der Waals surface area contributed by atoms with Gasteiger partial charge in [0.2, 0.25) is 5.91 Å². The molecule has 0 unspecified atom stereocenters. The standard InChI is InChI=1S/C18H23NO4S/c1-22-17-5-2-14(3-6-17)11-23-12-16(20)10-19-18(21)7-4-15-8-9-24-13-15/h2-3,5-6,8-9,13,16,20H,4,7,10-12H2,1H3,(H,19,21)/t16-/m0/s1. The highest BCUT2D eigenvalue weighted by molar-refractivity contribution is 7.07. The smallest absolute Gasteiger partial charge is 0.220 e. The van der Waals surface area contributed by atoms with E-state index >= 15 is 0 Å². The van der Waals surface area contributed by atoms with Gasteiger partial charge in [-0.2, -0.15) is 11.3 Å². The zero-order chi connectivity index (χ0) is 17.2. The number of carbonyl (C=O) groups is 1. The van der Waals surface area contributed by atoms with E-state index in [9.17, 15) is 9.90 Å². The van der Waals surface area contributed by atoms with Gasteiger partial charge in [-0.3, -0.25) is 4.79 Å². The second kappa shape index (κ2) is 10.1. The molecule has 0 saturated heterocycles. The lowest BCUT2D eigenvalue weighted by Crippen LogP contribution is -2.34. The largest absolute Gasteiger partial charge is 0.497 e. The first-order valence-corrected chi connectivity index (χ1v) is 8.78. The fourth-order valence-corrected chi connectivity index (χ4v) is 2.81. The van der Waals surface area contributed by atoms with Crippen LogP contribution in [0, 0.1) is 0 Å². The number of nitrogens with one attached hydrogen (secondary N) is 1. The molecule has 1 amide bonds. The topological polar surface area (TPSA) is 67.8 Å². The van der Waals surface area contributed by atoms with Crippen LogP contribution >= 0.6 is 11.3 Å². The molecule has 0 aliphatic carbocycles. The van der Waals surface area contributed by atoms with Crippen LogP contribution in [0.3, 0.4) is 0 Å². The number of carbonyl (C=O) groups excluding carboxylic acids is 1. The van der Waals surface area contributed by atoms with E-state index in [1.54, 1.807) is 18.4 Å². The zero-order valence-corrected chi connectivity index (χ0v) is 14.6. The monoisotopic (exact) mass is 349 g/mol. The summed E-state index contributed by atoms with van der Waals surface area (Å²) in [6, 6.07) is 9.57. The van der Waals surface area contributed by atoms with Gasteiger partial charge in [0.05, 0.1) is 26.4 Å². The normalized spacial score (nSPS) is 11.9. The van der Waals surface area contributed by atoms with Gasteiger partial charge in [-0.1, -0.05) is 12.1 Å². The van der Waals surface area contributed by atoms with Crippen LogP contribution in [0.1, 0.15) is 17.5 Å². The lowest BCUT2D eigenvalue weighted by atomic mass is 10.2. The van der Waals surface area contributed by atoms with Gasteiger partial charge in [-0.15, -0.1) is 0 Å². The molecule has 1 atom stereocenters. The average Bonchev–Trinajstić information content (AvgIpc) is 3.12. The van der Waals surface area contributed by atoms with E-state index in [-0.39, 0.29) is 19.1 Å². The van der Waals surface area contributed by atoms with Gasteiger partial charge in [0.25, 0.3) is 0 Å². The molecular weight excluding hydrogens is 326 g/mol. The molecule has 24 heavy (non-hydrogen) atoms. The summed E-state index contributed by atoms with van der Waals surface area (Å²) in [5.41, 5.74) is 2.17. The van der Waals surface area contributed by atoms with Crippen LogP contribution in [0.2, 0.25) is 0 Å². The first kappa shape index (κ1) is 18.4. The predicted molar refractivity (Wildman–Crippen MR) is 94.3 cm³/mol. The third-order valence-corrected chi connectivity index (χ3v) is 4.23. The fourth-order valence-electron chi connectivity index (χ4n) is 2.11. The Morgan fingerprint density at radius 1 is 1.25 bits per heavy atom. The van der Waals surface area contributed by atoms with E-state index < -0.39 is 6.10 Å². The number of hydrogen-bond donors (Lipinski definition) is 2. The molecular formula is C18H23NO4S. The summed E-state index contributed by atoms with van der Waals surface area (Å²) in [4.78, 5) is 11.7.